The number of amides is 1. The van der Waals surface area contributed by atoms with E-state index in [1.165, 1.54) is 0 Å². The van der Waals surface area contributed by atoms with Crippen molar-refractivity contribution >= 4 is 6.09 Å². The third-order valence-electron chi connectivity index (χ3n) is 2.24. The first kappa shape index (κ1) is 11.3. The van der Waals surface area contributed by atoms with Crippen LogP contribution in [0, 0.1) is 5.41 Å². The van der Waals surface area contributed by atoms with Crippen LogP contribution in [0.1, 0.15) is 41.5 Å². The molecular weight excluding hydrogens is 178 g/mol. The van der Waals surface area contributed by atoms with E-state index in [2.05, 4.69) is 20.8 Å². The fourth-order valence-corrected chi connectivity index (χ4v) is 1.40. The molecule has 82 valence electrons. The number of carbonyl (C=O) groups excluding carboxylic acids is 1. The molecule has 0 radical (unpaired) electrons. The Labute approximate surface area is 86.4 Å². The molecule has 0 aromatic carbocycles. The molecule has 0 spiro atoms. The first-order chi connectivity index (χ1) is 6.11. The highest BCUT2D eigenvalue weighted by Gasteiger charge is 2.47. The molecule has 0 aromatic heterocycles. The fourth-order valence-electron chi connectivity index (χ4n) is 1.40. The van der Waals surface area contributed by atoms with Crippen LogP contribution in [0.4, 0.5) is 4.79 Å². The van der Waals surface area contributed by atoms with Gasteiger partial charge in [0.05, 0.1) is 6.04 Å². The van der Waals surface area contributed by atoms with Gasteiger partial charge in [-0.15, -0.1) is 0 Å². The lowest BCUT2D eigenvalue weighted by Crippen LogP contribution is -2.30. The normalized spacial score (nSPS) is 22.1. The standard InChI is InChI=1S/C11H21NO2/c1-10(2,3)8-7-12(8)9(13)14-11(4,5)6/h8H,7H2,1-6H3/t8-,12?/m1/s1. The topological polar surface area (TPSA) is 29.3 Å². The van der Waals surface area contributed by atoms with Crippen molar-refractivity contribution in [3.05, 3.63) is 0 Å². The largest absolute Gasteiger partial charge is 0.444 e. The van der Waals surface area contributed by atoms with Crippen LogP contribution in [0.3, 0.4) is 0 Å². The van der Waals surface area contributed by atoms with Crippen LogP contribution < -0.4 is 0 Å². The van der Waals surface area contributed by atoms with Gasteiger partial charge in [-0.1, -0.05) is 20.8 Å². The van der Waals surface area contributed by atoms with Gasteiger partial charge in [0.15, 0.2) is 0 Å². The number of carbonyl (C=O) groups is 1. The lowest BCUT2D eigenvalue weighted by molar-refractivity contribution is 0.0385. The van der Waals surface area contributed by atoms with Gasteiger partial charge < -0.3 is 9.64 Å². The van der Waals surface area contributed by atoms with Gasteiger partial charge in [0.2, 0.25) is 0 Å². The van der Waals surface area contributed by atoms with Crippen LogP contribution in [0.5, 0.6) is 0 Å². The monoisotopic (exact) mass is 199 g/mol. The van der Waals surface area contributed by atoms with E-state index in [-0.39, 0.29) is 17.1 Å². The molecule has 0 saturated carbocycles. The van der Waals surface area contributed by atoms with Crippen LogP contribution in [-0.4, -0.2) is 29.2 Å². The van der Waals surface area contributed by atoms with E-state index in [9.17, 15) is 4.79 Å². The second-order valence-electron chi connectivity index (χ2n) is 6.01. The minimum Gasteiger partial charge on any atom is -0.444 e. The summed E-state index contributed by atoms with van der Waals surface area (Å²) in [6, 6.07) is 0.345. The number of hydrogen-bond acceptors (Lipinski definition) is 2. The molecular formula is C11H21NO2. The lowest BCUT2D eigenvalue weighted by Gasteiger charge is -2.22. The van der Waals surface area contributed by atoms with Crippen LogP contribution >= 0.6 is 0 Å². The average Bonchev–Trinajstić information content (AvgIpc) is 2.55. The molecule has 1 rings (SSSR count). The number of nitrogens with zero attached hydrogens (tertiary/aromatic N) is 1. The van der Waals surface area contributed by atoms with E-state index in [0.717, 1.165) is 6.54 Å². The van der Waals surface area contributed by atoms with Gasteiger partial charge in [0.1, 0.15) is 5.60 Å². The van der Waals surface area contributed by atoms with E-state index < -0.39 is 0 Å². The second kappa shape index (κ2) is 3.14. The van der Waals surface area contributed by atoms with E-state index in [0.29, 0.717) is 6.04 Å². The SMILES string of the molecule is CC(C)(C)OC(=O)N1C[C@@H]1C(C)(C)C. The third kappa shape index (κ3) is 2.89. The molecule has 1 heterocycles. The zero-order valence-corrected chi connectivity index (χ0v) is 10.0. The predicted octanol–water partition coefficient (Wildman–Crippen LogP) is 2.65. The van der Waals surface area contributed by atoms with E-state index in [4.69, 9.17) is 4.74 Å². The second-order valence-corrected chi connectivity index (χ2v) is 6.01. The molecule has 0 bridgehead atoms. The Kier molecular flexibility index (Phi) is 2.55. The Morgan fingerprint density at radius 3 is 2.00 bits per heavy atom. The molecule has 3 heteroatoms. The van der Waals surface area contributed by atoms with Crippen LogP contribution in [0.15, 0.2) is 0 Å². The Morgan fingerprint density at radius 1 is 1.21 bits per heavy atom. The summed E-state index contributed by atoms with van der Waals surface area (Å²) in [5.74, 6) is 0. The minimum atomic E-state index is -0.387. The van der Waals surface area contributed by atoms with Gasteiger partial charge in [-0.2, -0.15) is 0 Å². The highest BCUT2D eigenvalue weighted by molar-refractivity contribution is 5.71. The van der Waals surface area contributed by atoms with E-state index >= 15 is 0 Å². The summed E-state index contributed by atoms with van der Waals surface area (Å²) in [4.78, 5) is 13.4. The smallest absolute Gasteiger partial charge is 0.410 e. The molecule has 0 N–H and O–H groups in total. The molecule has 1 amide bonds. The summed E-state index contributed by atoms with van der Waals surface area (Å²) in [7, 11) is 0. The summed E-state index contributed by atoms with van der Waals surface area (Å²) >= 11 is 0. The third-order valence-corrected chi connectivity index (χ3v) is 2.24. The number of rotatable bonds is 0. The van der Waals surface area contributed by atoms with Gasteiger partial charge in [-0.25, -0.2) is 4.79 Å². The minimum absolute atomic E-state index is 0.164. The van der Waals surface area contributed by atoms with Crippen molar-refractivity contribution < 1.29 is 9.53 Å². The van der Waals surface area contributed by atoms with Crippen molar-refractivity contribution in [1.29, 1.82) is 0 Å². The van der Waals surface area contributed by atoms with Crippen LogP contribution in [0.25, 0.3) is 0 Å². The van der Waals surface area contributed by atoms with Crippen LogP contribution in [-0.2, 0) is 4.74 Å². The Bertz CT molecular complexity index is 235. The van der Waals surface area contributed by atoms with Crippen LogP contribution in [0.2, 0.25) is 0 Å². The quantitative estimate of drug-likeness (QED) is 0.561. The Morgan fingerprint density at radius 2 is 1.71 bits per heavy atom. The molecule has 1 fully saturated rings. The number of ether oxygens (including phenoxy) is 1. The summed E-state index contributed by atoms with van der Waals surface area (Å²) in [5.41, 5.74) is -0.223. The van der Waals surface area contributed by atoms with Crippen molar-refractivity contribution in [2.24, 2.45) is 5.41 Å². The van der Waals surface area contributed by atoms with Crippen molar-refractivity contribution in [1.82, 2.24) is 4.90 Å². The summed E-state index contributed by atoms with van der Waals surface area (Å²) in [5, 5.41) is 0. The molecule has 0 unspecified atom stereocenters. The van der Waals surface area contributed by atoms with Gasteiger partial charge in [-0.3, -0.25) is 0 Å². The lowest BCUT2D eigenvalue weighted by atomic mass is 9.92. The zero-order valence-electron chi connectivity index (χ0n) is 10.0. The van der Waals surface area contributed by atoms with Crippen molar-refractivity contribution in [3.63, 3.8) is 0 Å². The predicted molar refractivity (Wildman–Crippen MR) is 56.2 cm³/mol. The van der Waals surface area contributed by atoms with Crippen molar-refractivity contribution in [2.75, 3.05) is 6.54 Å². The first-order valence-electron chi connectivity index (χ1n) is 5.11. The summed E-state index contributed by atoms with van der Waals surface area (Å²) < 4.78 is 5.27. The molecule has 1 aliphatic heterocycles. The van der Waals surface area contributed by atoms with Gasteiger partial charge >= 0.3 is 6.09 Å². The summed E-state index contributed by atoms with van der Waals surface area (Å²) in [6.45, 7) is 12.9. The maximum atomic E-state index is 11.6. The Balaban J connectivity index is 2.45. The average molecular weight is 199 g/mol. The molecule has 14 heavy (non-hydrogen) atoms. The molecule has 1 saturated heterocycles. The highest BCUT2D eigenvalue weighted by Crippen LogP contribution is 2.35. The van der Waals surface area contributed by atoms with Crippen molar-refractivity contribution in [3.8, 4) is 0 Å². The first-order valence-corrected chi connectivity index (χ1v) is 5.11. The Hall–Kier alpha value is -0.730. The maximum Gasteiger partial charge on any atom is 0.410 e. The van der Waals surface area contributed by atoms with Gasteiger partial charge in [0.25, 0.3) is 0 Å². The molecule has 0 aliphatic carbocycles. The summed E-state index contributed by atoms with van der Waals surface area (Å²) in [6.07, 6.45) is -0.183. The van der Waals surface area contributed by atoms with E-state index in [1.807, 2.05) is 20.8 Å². The fraction of sp³-hybridized carbons (Fsp3) is 0.909. The maximum absolute atomic E-state index is 11.6. The van der Waals surface area contributed by atoms with Gasteiger partial charge in [-0.05, 0) is 26.2 Å². The molecule has 1 aliphatic rings. The molecule has 1 atom stereocenters. The molecule has 3 nitrogen and oxygen atoms in total. The number of hydrogen-bond donors (Lipinski definition) is 0. The van der Waals surface area contributed by atoms with Gasteiger partial charge in [0, 0.05) is 6.54 Å². The zero-order chi connectivity index (χ0) is 11.1. The van der Waals surface area contributed by atoms with Crippen molar-refractivity contribution in [2.45, 2.75) is 53.2 Å². The molecule has 0 aromatic rings. The van der Waals surface area contributed by atoms with E-state index in [1.54, 1.807) is 4.90 Å². The highest BCUT2D eigenvalue weighted by atomic mass is 16.6.